The number of anilines is 5. The van der Waals surface area contributed by atoms with Crippen LogP contribution >= 0.6 is 50.7 Å². The maximum Gasteiger partial charge on any atom is 0.450 e. The van der Waals surface area contributed by atoms with E-state index in [0.717, 1.165) is 27.8 Å². The summed E-state index contributed by atoms with van der Waals surface area (Å²) in [4.78, 5) is 52.9. The molecule has 12 aromatic heterocycles. The molecule has 13 aromatic rings. The van der Waals surface area contributed by atoms with Gasteiger partial charge >= 0.3 is 30.9 Å². The molecule has 32 nitrogen and oxygen atoms in total. The molecule has 14 heterocycles. The number of carbonyl (C=O) groups is 3. The summed E-state index contributed by atoms with van der Waals surface area (Å²) in [5, 5.41) is 76.8. The molecular formula is C72H50BrCl3F15N27O5. The lowest BCUT2D eigenvalue weighted by molar-refractivity contribution is -0.254. The fraction of sp³-hybridized carbons (Fsp3) is 0.139. The summed E-state index contributed by atoms with van der Waals surface area (Å²) in [7, 11) is 0. The summed E-state index contributed by atoms with van der Waals surface area (Å²) in [6.45, 7) is 0. The molecule has 51 heteroatoms. The standard InChI is InChI=1S/C20H12BrF3N6O.2C13H9ClF3N5O.C13H9F3N6.C9H6F3NO2.C4H5ClN4/c21-14-5-1-3-12(9-14)19(31)26-17-6-7-18(28-27-17)30-16(20(22,23)24)10-15(29-30)13-4-2-8-25-11-13;14-10-3-4-11(20-19-10)22-12(23,8-2-1-5-18-7-8)6-9(21-22)13(15,16)17;14-10-3-4-11(20-19-10)22-12(23,13(15,16)17)6-9(21-22)8-2-1-5-18-7-8;14-13(15,16)10-6-9(8-2-1-5-18-7-8)21-22(10)12-4-3-11(17)19-20-12;10-9(11,12)8(15)4-7(14)6-2-1-3-13-5-6;5-3-1-2-4(7-6)9-8-3/h1-11H,(H,26,27,31);2*1-5,7,23H,6H2;1-7H,(H2,17,19);1-3,5H,4H2;1-2H,6H2,(H,7,9). The minimum Gasteiger partial charge on any atom is -0.382 e. The molecule has 2 aliphatic rings. The number of aromatic nitrogens is 19. The predicted molar refractivity (Wildman–Crippen MR) is 412 cm³/mol. The smallest absolute Gasteiger partial charge is 0.382 e. The van der Waals surface area contributed by atoms with Crippen LogP contribution in [0.25, 0.3) is 34.2 Å². The Balaban J connectivity index is 0.000000159. The van der Waals surface area contributed by atoms with E-state index < -0.39 is 96.2 Å². The zero-order valence-electron chi connectivity index (χ0n) is 61.1. The average molecular weight is 1840 g/mol. The van der Waals surface area contributed by atoms with Crippen molar-refractivity contribution in [2.24, 2.45) is 16.0 Å². The lowest BCUT2D eigenvalue weighted by atomic mass is 9.99. The molecule has 8 N–H and O–H groups in total. The zero-order chi connectivity index (χ0) is 89.2. The number of pyridine rings is 5. The maximum absolute atomic E-state index is 13.5. The molecule has 0 saturated carbocycles. The van der Waals surface area contributed by atoms with Crippen molar-refractivity contribution < 1.29 is 90.5 Å². The molecule has 0 saturated heterocycles. The number of amides is 1. The molecule has 2 unspecified atom stereocenters. The van der Waals surface area contributed by atoms with Gasteiger partial charge in [0.25, 0.3) is 11.6 Å². The molecule has 15 rings (SSSR count). The fourth-order valence-corrected chi connectivity index (χ4v) is 10.9. The summed E-state index contributed by atoms with van der Waals surface area (Å²) >= 11 is 19.9. The van der Waals surface area contributed by atoms with Gasteiger partial charge in [0, 0.05) is 99.8 Å². The first-order valence-electron chi connectivity index (χ1n) is 33.9. The first kappa shape index (κ1) is 91.6. The van der Waals surface area contributed by atoms with Gasteiger partial charge in [0.1, 0.15) is 11.5 Å². The Labute approximate surface area is 702 Å². The molecule has 0 radical (unpaired) electrons. The molecule has 123 heavy (non-hydrogen) atoms. The molecule has 0 bridgehead atoms. The Kier molecular flexibility index (Phi) is 29.2. The number of hydrazine groups is 1. The van der Waals surface area contributed by atoms with Crippen LogP contribution < -0.4 is 32.3 Å². The minimum absolute atomic E-state index is 0.00454. The number of nitrogens with zero attached hydrogens (tertiary/aromatic N) is 23. The van der Waals surface area contributed by atoms with Crippen molar-refractivity contribution in [2.75, 3.05) is 26.5 Å². The van der Waals surface area contributed by atoms with Crippen LogP contribution in [0.4, 0.5) is 94.9 Å². The van der Waals surface area contributed by atoms with Crippen molar-refractivity contribution in [3.63, 3.8) is 0 Å². The zero-order valence-corrected chi connectivity index (χ0v) is 65.0. The number of Topliss-reactive ketones (excluding diaryl/α,β-unsaturated/α-hetero) is 2. The molecule has 0 spiro atoms. The molecular weight excluding hydrogens is 1790 g/mol. The van der Waals surface area contributed by atoms with E-state index in [9.17, 15) is 90.5 Å². The lowest BCUT2D eigenvalue weighted by Gasteiger charge is -2.32. The predicted octanol–water partition coefficient (Wildman–Crippen LogP) is 14.2. The highest BCUT2D eigenvalue weighted by atomic mass is 79.9. The number of nitrogens with one attached hydrogen (secondary N) is 2. The van der Waals surface area contributed by atoms with Gasteiger partial charge in [-0.3, -0.25) is 39.3 Å². The molecule has 2 aliphatic heterocycles. The Morgan fingerprint density at radius 1 is 0.472 bits per heavy atom. The summed E-state index contributed by atoms with van der Waals surface area (Å²) in [5.74, 6) is 1.77. The van der Waals surface area contributed by atoms with E-state index in [0.29, 0.717) is 47.6 Å². The number of carbonyl (C=O) groups excluding carboxylic acids is 3. The van der Waals surface area contributed by atoms with Gasteiger partial charge in [-0.2, -0.15) is 86.3 Å². The second-order valence-electron chi connectivity index (χ2n) is 24.4. The van der Waals surface area contributed by atoms with Crippen molar-refractivity contribution in [1.82, 2.24) is 95.5 Å². The van der Waals surface area contributed by atoms with E-state index in [1.54, 1.807) is 72.8 Å². The van der Waals surface area contributed by atoms with E-state index in [1.807, 2.05) is 0 Å². The Morgan fingerprint density at radius 3 is 1.36 bits per heavy atom. The molecule has 636 valence electrons. The summed E-state index contributed by atoms with van der Waals surface area (Å²) in [5.41, 5.74) is 1.41. The molecule has 1 amide bonds. The third kappa shape index (κ3) is 24.1. The number of aliphatic hydroxyl groups is 2. The first-order valence-corrected chi connectivity index (χ1v) is 35.8. The normalized spacial score (nSPS) is 15.0. The number of hydrogen-bond donors (Lipinski definition) is 6. The minimum atomic E-state index is -4.96. The highest BCUT2D eigenvalue weighted by molar-refractivity contribution is 9.10. The molecule has 1 aromatic carbocycles. The van der Waals surface area contributed by atoms with Crippen LogP contribution in [0.3, 0.4) is 0 Å². The van der Waals surface area contributed by atoms with E-state index in [2.05, 4.69) is 123 Å². The van der Waals surface area contributed by atoms with Gasteiger partial charge in [-0.15, -0.1) is 51.0 Å². The Hall–Kier alpha value is -13.7. The second kappa shape index (κ2) is 39.2. The van der Waals surface area contributed by atoms with Crippen molar-refractivity contribution >= 4 is 109 Å². The van der Waals surface area contributed by atoms with Crippen LogP contribution in [0.15, 0.2) is 234 Å². The number of hydrazone groups is 2. The summed E-state index contributed by atoms with van der Waals surface area (Å²) in [6.07, 6.45) is -12.6. The van der Waals surface area contributed by atoms with Gasteiger partial charge in [0.2, 0.25) is 5.78 Å². The number of nitrogens with two attached hydrogens (primary N) is 2. The van der Waals surface area contributed by atoms with E-state index >= 15 is 0 Å². The number of hydrogen-bond acceptors (Lipinski definition) is 29. The van der Waals surface area contributed by atoms with Gasteiger partial charge in [0.15, 0.2) is 73.3 Å². The van der Waals surface area contributed by atoms with Gasteiger partial charge in [-0.25, -0.2) is 25.2 Å². The second-order valence-corrected chi connectivity index (χ2v) is 26.5. The quantitative estimate of drug-likeness (QED) is 0.0194. The number of rotatable bonds is 14. The van der Waals surface area contributed by atoms with Gasteiger partial charge in [-0.1, -0.05) is 68.9 Å². The Morgan fingerprint density at radius 2 is 0.935 bits per heavy atom. The monoisotopic (exact) mass is 1840 g/mol. The van der Waals surface area contributed by atoms with Crippen LogP contribution in [0.5, 0.6) is 0 Å². The van der Waals surface area contributed by atoms with Crippen LogP contribution in [0.1, 0.15) is 62.5 Å². The highest BCUT2D eigenvalue weighted by Gasteiger charge is 2.62. The van der Waals surface area contributed by atoms with Crippen LogP contribution in [0, 0.1) is 0 Å². The Bertz CT molecular complexity index is 5800. The van der Waals surface area contributed by atoms with Crippen molar-refractivity contribution in [1.29, 1.82) is 0 Å². The number of ketones is 2. The SMILES string of the molecule is NNc1ccc(Cl)nn1.Nc1ccc(-n2nc(-c3cccnc3)cc2C(F)(F)F)nn1.O=C(CC(=O)C(F)(F)F)c1cccnc1.O=C(Nc1ccc(-n2nc(-c3cccnc3)cc2C(F)(F)F)nn1)c1cccc(Br)c1.OC1(C(F)(F)F)CC(c2cccnc2)=NN1c1ccc(Cl)nn1.OC1(c2cccnc2)CC(C(F)(F)F)=NN1c1ccc(Cl)nn1. The van der Waals surface area contributed by atoms with E-state index in [1.165, 1.54) is 129 Å². The molecule has 0 fully saturated rings. The van der Waals surface area contributed by atoms with Gasteiger partial charge in [0.05, 0.1) is 36.4 Å². The first-order chi connectivity index (χ1) is 58.1. The number of alkyl halides is 15. The third-order valence-corrected chi connectivity index (χ3v) is 17.0. The van der Waals surface area contributed by atoms with Crippen LogP contribution in [-0.2, 0) is 22.9 Å². The molecule has 2 atom stereocenters. The number of halogens is 19. The van der Waals surface area contributed by atoms with Gasteiger partial charge < -0.3 is 26.7 Å². The van der Waals surface area contributed by atoms with Crippen molar-refractivity contribution in [2.45, 2.75) is 61.6 Å². The maximum atomic E-state index is 13.5. The highest BCUT2D eigenvalue weighted by Crippen LogP contribution is 2.45. The van der Waals surface area contributed by atoms with Gasteiger partial charge in [-0.05, 0) is 140 Å². The lowest BCUT2D eigenvalue weighted by Crippen LogP contribution is -2.55. The fourth-order valence-electron chi connectivity index (χ4n) is 10.2. The number of nitrogen functional groups attached to an aromatic ring is 2. The summed E-state index contributed by atoms with van der Waals surface area (Å²) < 4.78 is 197. The summed E-state index contributed by atoms with van der Waals surface area (Å²) in [6, 6.07) is 37.5. The largest absolute Gasteiger partial charge is 0.450 e. The van der Waals surface area contributed by atoms with Crippen LogP contribution in [-0.4, -0.2) is 159 Å². The van der Waals surface area contributed by atoms with E-state index in [4.69, 9.17) is 46.4 Å². The van der Waals surface area contributed by atoms with Crippen LogP contribution in [0.2, 0.25) is 15.5 Å². The third-order valence-electron chi connectivity index (χ3n) is 15.9. The van der Waals surface area contributed by atoms with E-state index in [-0.39, 0.29) is 73.4 Å². The molecule has 0 aliphatic carbocycles. The van der Waals surface area contributed by atoms with Crippen molar-refractivity contribution in [3.05, 3.63) is 273 Å². The topological polar surface area (TPSA) is 428 Å². The average Bonchev–Trinajstić information content (AvgIpc) is 1.64. The van der Waals surface area contributed by atoms with Crippen molar-refractivity contribution in [3.8, 4) is 34.2 Å². The number of benzene rings is 1.